The molecule has 93 heavy (non-hydrogen) atoms. The second kappa shape index (κ2) is 21.0. The molecule has 12 aromatic carbocycles. The van der Waals surface area contributed by atoms with Crippen LogP contribution in [0.5, 0.6) is 0 Å². The van der Waals surface area contributed by atoms with Gasteiger partial charge in [0.1, 0.15) is 0 Å². The lowest BCUT2D eigenvalue weighted by Crippen LogP contribution is -2.02. The molecule has 0 saturated heterocycles. The van der Waals surface area contributed by atoms with Gasteiger partial charge in [0.25, 0.3) is 0 Å². The maximum Gasteiger partial charge on any atom is 0.235 e. The normalized spacial score (nSPS) is 12.1. The van der Waals surface area contributed by atoms with Crippen LogP contribution in [0.2, 0.25) is 5.28 Å². The number of thiophene rings is 6. The molecule has 0 spiro atoms. The van der Waals surface area contributed by atoms with E-state index in [4.69, 9.17) is 21.6 Å². The molecule has 0 atom stereocenters. The van der Waals surface area contributed by atoms with E-state index in [1.165, 1.54) is 134 Å². The van der Waals surface area contributed by atoms with E-state index in [0.717, 1.165) is 53.9 Å². The number of fused-ring (bicyclic) bond motifs is 26. The van der Waals surface area contributed by atoms with E-state index in [1.54, 1.807) is 34.0 Å². The zero-order valence-electron chi connectivity index (χ0n) is 48.8. The summed E-state index contributed by atoms with van der Waals surface area (Å²) in [7, 11) is 0. The molecule has 0 unspecified atom stereocenters. The molecule has 0 fully saturated rings. The molecule has 0 radical (unpaired) electrons. The molecule has 436 valence electrons. The smallest absolute Gasteiger partial charge is 0.235 e. The first-order valence-corrected chi connectivity index (χ1v) is 35.8. The Balaban J connectivity index is 0.000000107. The first kappa shape index (κ1) is 53.7. The van der Waals surface area contributed by atoms with Crippen LogP contribution in [0.4, 0.5) is 0 Å². The summed E-state index contributed by atoms with van der Waals surface area (Å²) in [6, 6.07) is 90.9. The van der Waals surface area contributed by atoms with Crippen molar-refractivity contribution >= 4 is 245 Å². The zero-order valence-corrected chi connectivity index (χ0v) is 54.5. The van der Waals surface area contributed by atoms with Gasteiger partial charge in [-0.15, -0.1) is 68.0 Å². The van der Waals surface area contributed by atoms with Crippen molar-refractivity contribution in [2.75, 3.05) is 0 Å². The first-order valence-electron chi connectivity index (χ1n) is 30.5. The number of para-hydroxylation sites is 2. The van der Waals surface area contributed by atoms with Crippen molar-refractivity contribution in [1.82, 2.24) is 29.5 Å². The summed E-state index contributed by atoms with van der Waals surface area (Å²) in [5.41, 5.74) is 10.9. The SMILES string of the molecule is Clc1nc(-c2cccc3c2sc2ccccc23)c2sc3ccccc3c2n1.c1ccc2c(c1)[nH]c1c2ccc2c3ccccc3sc21.c1ccc2c(c1)sc1c(-c3nc(-n4c5ccccc5c5ccc6c7ccccc7sc6c54)nc4c3sc3ccccc34)cccc12. The van der Waals surface area contributed by atoms with Crippen LogP contribution in [0.3, 0.4) is 0 Å². The largest absolute Gasteiger partial charge is 0.353 e. The van der Waals surface area contributed by atoms with Crippen molar-refractivity contribution in [3.8, 4) is 28.5 Å². The molecule has 0 aliphatic carbocycles. The summed E-state index contributed by atoms with van der Waals surface area (Å²) in [5, 5.41) is 18.0. The Bertz CT molecular complexity index is 6780. The third kappa shape index (κ3) is 8.27. The Kier molecular flexibility index (Phi) is 12.1. The summed E-state index contributed by atoms with van der Waals surface area (Å²) in [6.45, 7) is 0. The van der Waals surface area contributed by atoms with Crippen molar-refractivity contribution in [2.45, 2.75) is 0 Å². The number of rotatable bonds is 3. The summed E-state index contributed by atoms with van der Waals surface area (Å²) >= 11 is 17.3. The number of nitrogens with zero attached hydrogens (tertiary/aromatic N) is 5. The van der Waals surface area contributed by atoms with Gasteiger partial charge < -0.3 is 4.98 Å². The number of halogens is 1. The van der Waals surface area contributed by atoms with Gasteiger partial charge in [-0.3, -0.25) is 4.57 Å². The van der Waals surface area contributed by atoms with Gasteiger partial charge in [-0.05, 0) is 60.1 Å². The Hall–Kier alpha value is -9.99. The highest BCUT2D eigenvalue weighted by Crippen LogP contribution is 2.49. The number of aromatic nitrogens is 6. The highest BCUT2D eigenvalue weighted by molar-refractivity contribution is 7.29. The Morgan fingerprint density at radius 2 is 0.667 bits per heavy atom. The van der Waals surface area contributed by atoms with Crippen molar-refractivity contribution < 1.29 is 0 Å². The van der Waals surface area contributed by atoms with Gasteiger partial charge in [-0.25, -0.2) is 19.9 Å². The molecular weight excluding hydrogens is 1270 g/mol. The third-order valence-electron chi connectivity index (χ3n) is 18.1. The van der Waals surface area contributed by atoms with E-state index in [0.29, 0.717) is 11.2 Å². The van der Waals surface area contributed by atoms with Crippen LogP contribution in [0.25, 0.3) is 193 Å². The lowest BCUT2D eigenvalue weighted by atomic mass is 10.1. The predicted molar refractivity (Wildman–Crippen MR) is 407 cm³/mol. The van der Waals surface area contributed by atoms with Crippen LogP contribution in [0, 0.1) is 0 Å². The molecule has 0 amide bonds. The van der Waals surface area contributed by atoms with Gasteiger partial charge in [0, 0.05) is 130 Å². The molecular formula is C80H43ClN6S6. The van der Waals surface area contributed by atoms with Crippen LogP contribution in [-0.4, -0.2) is 29.5 Å². The summed E-state index contributed by atoms with van der Waals surface area (Å²) in [5.74, 6) is 0.709. The fourth-order valence-electron chi connectivity index (χ4n) is 14.0. The van der Waals surface area contributed by atoms with Crippen molar-refractivity contribution in [1.29, 1.82) is 0 Å². The van der Waals surface area contributed by atoms with Crippen molar-refractivity contribution in [3.05, 3.63) is 260 Å². The van der Waals surface area contributed by atoms with Crippen LogP contribution in [0.15, 0.2) is 255 Å². The molecule has 22 aromatic rings. The number of benzene rings is 12. The second-order valence-corrected chi connectivity index (χ2v) is 29.9. The average molecular weight is 1320 g/mol. The maximum absolute atomic E-state index is 6.35. The summed E-state index contributed by atoms with van der Waals surface area (Å²) in [6.07, 6.45) is 0. The van der Waals surface area contributed by atoms with Gasteiger partial charge in [-0.2, -0.15) is 0 Å². The standard InChI is InChI=1S/C40H21N3S3.C22H11ClN2S2.C18H11NS/c1-5-16-30-22(10-1)25-20-21-27-24-12-3-7-18-32(24)45-38(27)36(25)43(30)40-41-34-28-13-4-8-19-33(28)46-39(34)35(42-40)29-15-9-14-26-23-11-2-6-17-31(23)44-37(26)29;23-22-24-18-14-7-2-4-11-17(14)27-21(18)19(25-22)15-9-5-8-13-12-6-1-3-10-16(12)26-20(13)15;1-3-7-15-11(5-1)13-9-10-14-12-6-2-4-8-16(12)20-18(14)17(13)19-15/h1-21H;1-11H;1-10,19H. The monoisotopic (exact) mass is 1310 g/mol. The number of aromatic amines is 1. The minimum absolute atomic E-state index is 0.291. The summed E-state index contributed by atoms with van der Waals surface area (Å²) < 4.78 is 17.3. The van der Waals surface area contributed by atoms with Gasteiger partial charge in [0.2, 0.25) is 11.2 Å². The van der Waals surface area contributed by atoms with E-state index in [9.17, 15) is 0 Å². The summed E-state index contributed by atoms with van der Waals surface area (Å²) in [4.78, 5) is 23.8. The average Bonchev–Trinajstić information content (AvgIpc) is 1.58. The number of H-pyrrole nitrogens is 1. The lowest BCUT2D eigenvalue weighted by Gasteiger charge is -2.11. The van der Waals surface area contributed by atoms with Crippen LogP contribution >= 0.6 is 79.6 Å². The third-order valence-corrected chi connectivity index (χ3v) is 25.5. The number of nitrogens with one attached hydrogen (secondary N) is 1. The van der Waals surface area contributed by atoms with Crippen LogP contribution in [-0.2, 0) is 0 Å². The van der Waals surface area contributed by atoms with E-state index < -0.39 is 0 Å². The Morgan fingerprint density at radius 3 is 1.24 bits per heavy atom. The second-order valence-electron chi connectivity index (χ2n) is 23.2. The van der Waals surface area contributed by atoms with E-state index in [-0.39, 0.29) is 0 Å². The minimum atomic E-state index is 0.291. The molecule has 0 bridgehead atoms. The highest BCUT2D eigenvalue weighted by Gasteiger charge is 2.25. The first-order chi connectivity index (χ1) is 46.0. The molecule has 22 rings (SSSR count). The minimum Gasteiger partial charge on any atom is -0.353 e. The molecule has 1 N–H and O–H groups in total. The zero-order chi connectivity index (χ0) is 61.0. The fourth-order valence-corrected chi connectivity index (χ4v) is 21.4. The van der Waals surface area contributed by atoms with Crippen LogP contribution < -0.4 is 0 Å². The van der Waals surface area contributed by atoms with Gasteiger partial charge >= 0.3 is 0 Å². The fraction of sp³-hybridized carbons (Fsp3) is 0. The maximum atomic E-state index is 6.35. The number of hydrogen-bond acceptors (Lipinski definition) is 10. The van der Waals surface area contributed by atoms with Gasteiger partial charge in [0.15, 0.2) is 0 Å². The molecule has 0 aliphatic rings. The molecule has 10 aromatic heterocycles. The molecule has 6 nitrogen and oxygen atoms in total. The molecule has 0 aliphatic heterocycles. The Morgan fingerprint density at radius 1 is 0.280 bits per heavy atom. The predicted octanol–water partition coefficient (Wildman–Crippen LogP) is 25.6. The van der Waals surface area contributed by atoms with E-state index >= 15 is 0 Å². The van der Waals surface area contributed by atoms with E-state index in [1.807, 2.05) is 40.1 Å². The van der Waals surface area contributed by atoms with Crippen LogP contribution in [0.1, 0.15) is 0 Å². The van der Waals surface area contributed by atoms with Crippen molar-refractivity contribution in [3.63, 3.8) is 0 Å². The molecule has 13 heteroatoms. The Labute approximate surface area is 557 Å². The van der Waals surface area contributed by atoms with Gasteiger partial charge in [-0.1, -0.05) is 206 Å². The van der Waals surface area contributed by atoms with E-state index in [2.05, 4.69) is 268 Å². The molecule has 0 saturated carbocycles. The quantitative estimate of drug-likeness (QED) is 0.179. The molecule has 10 heterocycles. The van der Waals surface area contributed by atoms with Gasteiger partial charge in [0.05, 0.1) is 57.8 Å². The van der Waals surface area contributed by atoms with Crippen molar-refractivity contribution in [2.24, 2.45) is 0 Å². The lowest BCUT2D eigenvalue weighted by molar-refractivity contribution is 1.02. The number of hydrogen-bond donors (Lipinski definition) is 1. The topological polar surface area (TPSA) is 72.3 Å². The highest BCUT2D eigenvalue weighted by atomic mass is 35.5.